The summed E-state index contributed by atoms with van der Waals surface area (Å²) < 4.78 is 43.3. The molecule has 0 aliphatic rings. The first kappa shape index (κ1) is 26.8. The second-order valence-corrected chi connectivity index (χ2v) is 9.61. The lowest BCUT2D eigenvalue weighted by Gasteiger charge is -2.23. The molecule has 0 aliphatic heterocycles. The van der Waals surface area contributed by atoms with Gasteiger partial charge in [0.15, 0.2) is 11.5 Å². The van der Waals surface area contributed by atoms with Crippen LogP contribution in [0.15, 0.2) is 65.6 Å². The number of para-hydroxylation sites is 1. The van der Waals surface area contributed by atoms with Crippen LogP contribution in [0.5, 0.6) is 11.5 Å². The van der Waals surface area contributed by atoms with Crippen LogP contribution in [0.2, 0.25) is 5.02 Å². The molecular formula is C25H25ClN2O7S. The number of benzene rings is 3. The number of hydrogen-bond acceptors (Lipinski definition) is 7. The quantitative estimate of drug-likeness (QED) is 0.400. The van der Waals surface area contributed by atoms with E-state index in [9.17, 15) is 18.0 Å². The molecule has 36 heavy (non-hydrogen) atoms. The van der Waals surface area contributed by atoms with E-state index in [4.69, 9.17) is 25.8 Å². The Morgan fingerprint density at radius 2 is 1.56 bits per heavy atom. The van der Waals surface area contributed by atoms with Gasteiger partial charge in [-0.15, -0.1) is 0 Å². The molecule has 11 heteroatoms. The largest absolute Gasteiger partial charge is 0.493 e. The number of nitrogens with zero attached hydrogens (tertiary/aromatic N) is 1. The normalized spacial score (nSPS) is 10.9. The van der Waals surface area contributed by atoms with Crippen LogP contribution in [-0.2, 0) is 14.8 Å². The molecule has 0 atom stereocenters. The number of rotatable bonds is 9. The topological polar surface area (TPSA) is 111 Å². The highest BCUT2D eigenvalue weighted by atomic mass is 35.5. The van der Waals surface area contributed by atoms with E-state index in [1.165, 1.54) is 56.0 Å². The molecule has 3 aromatic rings. The number of hydrogen-bond donors (Lipinski definition) is 1. The van der Waals surface area contributed by atoms with Gasteiger partial charge in [0.2, 0.25) is 0 Å². The Balaban J connectivity index is 2.03. The number of methoxy groups -OCH3 is 3. The Hall–Kier alpha value is -3.76. The van der Waals surface area contributed by atoms with Crippen molar-refractivity contribution in [3.05, 3.63) is 76.8 Å². The van der Waals surface area contributed by atoms with Crippen LogP contribution in [0.4, 0.5) is 11.4 Å². The maximum Gasteiger partial charge on any atom is 0.340 e. The number of sulfonamides is 1. The van der Waals surface area contributed by atoms with Crippen LogP contribution >= 0.6 is 11.6 Å². The second-order valence-electron chi connectivity index (χ2n) is 7.35. The monoisotopic (exact) mass is 532 g/mol. The van der Waals surface area contributed by atoms with Crippen molar-refractivity contribution in [2.45, 2.75) is 11.8 Å². The highest BCUT2D eigenvalue weighted by Crippen LogP contribution is 2.34. The summed E-state index contributed by atoms with van der Waals surface area (Å²) in [5.74, 6) is -0.959. The number of amides is 1. The SMILES string of the molecule is CCN(c1ccccc1)S(=O)(=O)c1ccc(Cl)c(C(=O)Nc2cc(OC)c(OC)cc2C(=O)OC)c1. The fourth-order valence-electron chi connectivity index (χ4n) is 3.50. The molecule has 1 amide bonds. The smallest absolute Gasteiger partial charge is 0.340 e. The average Bonchev–Trinajstić information content (AvgIpc) is 2.88. The minimum Gasteiger partial charge on any atom is -0.493 e. The number of carbonyl (C=O) groups excluding carboxylic acids is 2. The lowest BCUT2D eigenvalue weighted by Crippen LogP contribution is -2.31. The third-order valence-electron chi connectivity index (χ3n) is 5.28. The Bertz CT molecular complexity index is 1380. The fourth-order valence-corrected chi connectivity index (χ4v) is 5.21. The van der Waals surface area contributed by atoms with Crippen molar-refractivity contribution in [2.24, 2.45) is 0 Å². The van der Waals surface area contributed by atoms with Crippen LogP contribution in [-0.4, -0.2) is 48.2 Å². The van der Waals surface area contributed by atoms with E-state index >= 15 is 0 Å². The summed E-state index contributed by atoms with van der Waals surface area (Å²) in [6, 6.07) is 15.2. The summed E-state index contributed by atoms with van der Waals surface area (Å²) >= 11 is 6.27. The van der Waals surface area contributed by atoms with Crippen molar-refractivity contribution in [2.75, 3.05) is 37.5 Å². The van der Waals surface area contributed by atoms with E-state index in [1.807, 2.05) is 0 Å². The molecule has 0 radical (unpaired) electrons. The van der Waals surface area contributed by atoms with E-state index in [2.05, 4.69) is 5.32 Å². The summed E-state index contributed by atoms with van der Waals surface area (Å²) in [4.78, 5) is 25.4. The zero-order valence-electron chi connectivity index (χ0n) is 20.1. The molecule has 3 aromatic carbocycles. The van der Waals surface area contributed by atoms with Crippen LogP contribution < -0.4 is 19.1 Å². The summed E-state index contributed by atoms with van der Waals surface area (Å²) in [7, 11) is -0.0123. The average molecular weight is 533 g/mol. The Kier molecular flexibility index (Phi) is 8.44. The molecule has 1 N–H and O–H groups in total. The lowest BCUT2D eigenvalue weighted by atomic mass is 10.1. The van der Waals surface area contributed by atoms with Crippen molar-refractivity contribution < 1.29 is 32.2 Å². The third kappa shape index (κ3) is 5.39. The molecule has 0 fully saturated rings. The molecule has 9 nitrogen and oxygen atoms in total. The number of anilines is 2. The van der Waals surface area contributed by atoms with Gasteiger partial charge >= 0.3 is 5.97 Å². The lowest BCUT2D eigenvalue weighted by molar-refractivity contribution is 0.0601. The molecular weight excluding hydrogens is 508 g/mol. The first-order valence-electron chi connectivity index (χ1n) is 10.7. The van der Waals surface area contributed by atoms with E-state index in [0.29, 0.717) is 5.69 Å². The Labute approximate surface area is 214 Å². The molecule has 0 spiro atoms. The number of halogens is 1. The summed E-state index contributed by atoms with van der Waals surface area (Å²) in [6.07, 6.45) is 0. The van der Waals surface area contributed by atoms with Crippen molar-refractivity contribution in [1.82, 2.24) is 0 Å². The highest BCUT2D eigenvalue weighted by Gasteiger charge is 2.26. The Morgan fingerprint density at radius 3 is 2.14 bits per heavy atom. The van der Waals surface area contributed by atoms with Gasteiger partial charge in [0.1, 0.15) is 0 Å². The maximum atomic E-state index is 13.4. The first-order valence-corrected chi connectivity index (χ1v) is 12.5. The van der Waals surface area contributed by atoms with Gasteiger partial charge in [-0.1, -0.05) is 29.8 Å². The molecule has 0 bridgehead atoms. The molecule has 3 rings (SSSR count). The van der Waals surface area contributed by atoms with Crippen LogP contribution in [0, 0.1) is 0 Å². The van der Waals surface area contributed by atoms with Crippen molar-refractivity contribution in [3.63, 3.8) is 0 Å². The molecule has 0 aromatic heterocycles. The summed E-state index contributed by atoms with van der Waals surface area (Å²) in [5, 5.41) is 2.62. The first-order chi connectivity index (χ1) is 17.2. The highest BCUT2D eigenvalue weighted by molar-refractivity contribution is 7.92. The van der Waals surface area contributed by atoms with Gasteiger partial charge in [0, 0.05) is 18.7 Å². The molecule has 0 aliphatic carbocycles. The van der Waals surface area contributed by atoms with Crippen molar-refractivity contribution in [3.8, 4) is 11.5 Å². The van der Waals surface area contributed by atoms with Crippen molar-refractivity contribution >= 4 is 44.9 Å². The van der Waals surface area contributed by atoms with E-state index in [1.54, 1.807) is 37.3 Å². The molecule has 190 valence electrons. The standard InChI is InChI=1S/C25H25ClN2O7S/c1-5-28(16-9-7-6-8-10-16)36(31,32)17-11-12-20(26)18(13-17)24(29)27-21-15-23(34-3)22(33-2)14-19(21)25(30)35-4/h6-15H,5H2,1-4H3,(H,27,29). The predicted molar refractivity (Wildman–Crippen MR) is 137 cm³/mol. The van der Waals surface area contributed by atoms with Gasteiger partial charge in [0.25, 0.3) is 15.9 Å². The van der Waals surface area contributed by atoms with Gasteiger partial charge in [-0.05, 0) is 37.3 Å². The summed E-state index contributed by atoms with van der Waals surface area (Å²) in [6.45, 7) is 1.88. The van der Waals surface area contributed by atoms with Crippen LogP contribution in [0.25, 0.3) is 0 Å². The minimum atomic E-state index is -4.01. The van der Waals surface area contributed by atoms with Gasteiger partial charge in [-0.3, -0.25) is 9.10 Å². The number of carbonyl (C=O) groups is 2. The van der Waals surface area contributed by atoms with E-state index in [0.717, 1.165) is 0 Å². The number of esters is 1. The molecule has 0 saturated carbocycles. The molecule has 0 heterocycles. The van der Waals surface area contributed by atoms with E-state index in [-0.39, 0.29) is 44.8 Å². The maximum absolute atomic E-state index is 13.4. The molecule has 0 saturated heterocycles. The predicted octanol–water partition coefficient (Wildman–Crippen LogP) is 4.61. The third-order valence-corrected chi connectivity index (χ3v) is 7.51. The van der Waals surface area contributed by atoms with Gasteiger partial charge < -0.3 is 19.5 Å². The zero-order valence-corrected chi connectivity index (χ0v) is 21.6. The number of nitrogens with one attached hydrogen (secondary N) is 1. The minimum absolute atomic E-state index is 0.00429. The van der Waals surface area contributed by atoms with Gasteiger partial charge in [-0.25, -0.2) is 13.2 Å². The van der Waals surface area contributed by atoms with E-state index < -0.39 is 21.9 Å². The van der Waals surface area contributed by atoms with Crippen molar-refractivity contribution in [1.29, 1.82) is 0 Å². The zero-order chi connectivity index (χ0) is 26.5. The number of ether oxygens (including phenoxy) is 3. The van der Waals surface area contributed by atoms with Gasteiger partial charge in [-0.2, -0.15) is 0 Å². The van der Waals surface area contributed by atoms with Crippen LogP contribution in [0.1, 0.15) is 27.6 Å². The summed E-state index contributed by atoms with van der Waals surface area (Å²) in [5.41, 5.74) is 0.444. The van der Waals surface area contributed by atoms with Gasteiger partial charge in [0.05, 0.1) is 53.7 Å². The Morgan fingerprint density at radius 1 is 0.917 bits per heavy atom. The fraction of sp³-hybridized carbons (Fsp3) is 0.200. The van der Waals surface area contributed by atoms with Crippen LogP contribution in [0.3, 0.4) is 0 Å². The molecule has 0 unspecified atom stereocenters. The second kappa shape index (κ2) is 11.3.